The number of hydrogen-bond acceptors (Lipinski definition) is 5. The van der Waals surface area contributed by atoms with Crippen molar-refractivity contribution in [3.8, 4) is 0 Å². The molecule has 0 radical (unpaired) electrons. The number of benzene rings is 2. The monoisotopic (exact) mass is 317 g/mol. The van der Waals surface area contributed by atoms with Crippen molar-refractivity contribution in [1.29, 1.82) is 0 Å². The van der Waals surface area contributed by atoms with Gasteiger partial charge in [-0.1, -0.05) is 16.8 Å². The smallest absolute Gasteiger partial charge is 0.278 e. The van der Waals surface area contributed by atoms with Gasteiger partial charge in [0.25, 0.3) is 11.6 Å². The summed E-state index contributed by atoms with van der Waals surface area (Å²) < 4.78 is 4.98. The zero-order chi connectivity index (χ0) is 15.7. The van der Waals surface area contributed by atoms with Gasteiger partial charge in [-0.15, -0.1) is 0 Å². The number of nitrogens with one attached hydrogen (secondary N) is 1. The lowest BCUT2D eigenvalue weighted by atomic mass is 10.2. The molecule has 1 aromatic heterocycles. The van der Waals surface area contributed by atoms with Crippen LogP contribution in [0.5, 0.6) is 0 Å². The number of carbonyl (C=O) groups is 1. The fourth-order valence-corrected chi connectivity index (χ4v) is 2.05. The molecule has 3 aromatic rings. The molecule has 1 heterocycles. The van der Waals surface area contributed by atoms with Crippen molar-refractivity contribution < 1.29 is 14.2 Å². The number of nitrogens with zero attached hydrogens (tertiary/aromatic N) is 2. The van der Waals surface area contributed by atoms with Crippen LogP contribution in [0.3, 0.4) is 0 Å². The van der Waals surface area contributed by atoms with Gasteiger partial charge >= 0.3 is 0 Å². The van der Waals surface area contributed by atoms with Crippen LogP contribution in [-0.4, -0.2) is 16.0 Å². The van der Waals surface area contributed by atoms with Crippen molar-refractivity contribution in [2.24, 2.45) is 0 Å². The van der Waals surface area contributed by atoms with E-state index in [2.05, 4.69) is 10.5 Å². The van der Waals surface area contributed by atoms with Gasteiger partial charge in [0.2, 0.25) is 0 Å². The highest BCUT2D eigenvalue weighted by atomic mass is 35.5. The second-order valence-corrected chi connectivity index (χ2v) is 4.87. The highest BCUT2D eigenvalue weighted by molar-refractivity contribution is 6.30. The summed E-state index contributed by atoms with van der Waals surface area (Å²) in [5, 5.41) is 18.0. The lowest BCUT2D eigenvalue weighted by Crippen LogP contribution is -2.12. The predicted octanol–water partition coefficient (Wildman–Crippen LogP) is 3.64. The van der Waals surface area contributed by atoms with Crippen LogP contribution in [0.2, 0.25) is 5.02 Å². The van der Waals surface area contributed by atoms with Crippen molar-refractivity contribution in [2.45, 2.75) is 0 Å². The van der Waals surface area contributed by atoms with Gasteiger partial charge in [0, 0.05) is 16.8 Å². The Bertz CT molecular complexity index is 873. The number of non-ortho nitro benzene ring substituents is 1. The average molecular weight is 318 g/mol. The number of aromatic nitrogens is 1. The van der Waals surface area contributed by atoms with Crippen LogP contribution in [0.1, 0.15) is 10.5 Å². The number of nitro groups is 1. The Labute approximate surface area is 128 Å². The van der Waals surface area contributed by atoms with Crippen molar-refractivity contribution in [3.05, 3.63) is 63.3 Å². The van der Waals surface area contributed by atoms with Crippen molar-refractivity contribution >= 4 is 39.9 Å². The molecule has 0 aliphatic heterocycles. The summed E-state index contributed by atoms with van der Waals surface area (Å²) in [6.45, 7) is 0. The predicted molar refractivity (Wildman–Crippen MR) is 80.1 cm³/mol. The number of hydrogen-bond donors (Lipinski definition) is 1. The first-order chi connectivity index (χ1) is 10.5. The maximum Gasteiger partial charge on any atom is 0.278 e. The number of amides is 1. The molecule has 2 aromatic carbocycles. The quantitative estimate of drug-likeness (QED) is 0.587. The van der Waals surface area contributed by atoms with Crippen LogP contribution in [-0.2, 0) is 0 Å². The Hall–Kier alpha value is -2.93. The topological polar surface area (TPSA) is 98.3 Å². The largest absolute Gasteiger partial charge is 0.355 e. The minimum Gasteiger partial charge on any atom is -0.355 e. The highest BCUT2D eigenvalue weighted by Crippen LogP contribution is 2.24. The van der Waals surface area contributed by atoms with Crippen molar-refractivity contribution in [2.75, 3.05) is 5.32 Å². The van der Waals surface area contributed by atoms with Crippen LogP contribution in [0.15, 0.2) is 47.0 Å². The van der Waals surface area contributed by atoms with E-state index in [0.717, 1.165) is 0 Å². The Kier molecular flexibility index (Phi) is 3.48. The van der Waals surface area contributed by atoms with E-state index >= 15 is 0 Å². The maximum absolute atomic E-state index is 12.2. The number of rotatable bonds is 3. The fourth-order valence-electron chi connectivity index (χ4n) is 1.93. The molecule has 8 heteroatoms. The van der Waals surface area contributed by atoms with E-state index < -0.39 is 10.8 Å². The van der Waals surface area contributed by atoms with Crippen LogP contribution in [0, 0.1) is 10.1 Å². The summed E-state index contributed by atoms with van der Waals surface area (Å²) in [5.41, 5.74) is 0.649. The third-order valence-electron chi connectivity index (χ3n) is 2.98. The number of anilines is 1. The Morgan fingerprint density at radius 2 is 1.95 bits per heavy atom. The molecule has 3 rings (SSSR count). The second kappa shape index (κ2) is 5.45. The minimum atomic E-state index is -0.546. The van der Waals surface area contributed by atoms with E-state index in [1.165, 1.54) is 18.2 Å². The zero-order valence-corrected chi connectivity index (χ0v) is 11.7. The summed E-state index contributed by atoms with van der Waals surface area (Å²) in [7, 11) is 0. The van der Waals surface area contributed by atoms with Gasteiger partial charge in [-0.25, -0.2) is 0 Å². The Morgan fingerprint density at radius 1 is 1.23 bits per heavy atom. The van der Waals surface area contributed by atoms with Gasteiger partial charge in [0.15, 0.2) is 11.3 Å². The number of nitro benzene ring substituents is 1. The Balaban J connectivity index is 1.91. The standard InChI is InChI=1S/C14H8ClN3O4/c15-8-1-3-9(4-2-8)16-14(19)13-11-6-5-10(18(20)21)7-12(11)22-17-13/h1-7H,(H,16,19). The molecule has 1 amide bonds. The molecular formula is C14H8ClN3O4. The third-order valence-corrected chi connectivity index (χ3v) is 3.24. The van der Waals surface area contributed by atoms with Crippen LogP contribution in [0.25, 0.3) is 11.0 Å². The molecular weight excluding hydrogens is 310 g/mol. The number of carbonyl (C=O) groups excluding carboxylic acids is 1. The first kappa shape index (κ1) is 14.0. The normalized spacial score (nSPS) is 10.6. The molecule has 22 heavy (non-hydrogen) atoms. The molecule has 0 saturated carbocycles. The van der Waals surface area contributed by atoms with Crippen LogP contribution >= 0.6 is 11.6 Å². The molecule has 0 bridgehead atoms. The van der Waals surface area contributed by atoms with E-state index in [4.69, 9.17) is 16.1 Å². The SMILES string of the molecule is O=C(Nc1ccc(Cl)cc1)c1noc2cc([N+](=O)[O-])ccc12. The number of halogens is 1. The van der Waals surface area contributed by atoms with Crippen molar-refractivity contribution in [3.63, 3.8) is 0 Å². The highest BCUT2D eigenvalue weighted by Gasteiger charge is 2.18. The minimum absolute atomic E-state index is 0.0554. The molecule has 0 aliphatic rings. The molecule has 7 nitrogen and oxygen atoms in total. The lowest BCUT2D eigenvalue weighted by molar-refractivity contribution is -0.384. The fraction of sp³-hybridized carbons (Fsp3) is 0. The lowest BCUT2D eigenvalue weighted by Gasteiger charge is -2.02. The average Bonchev–Trinajstić information content (AvgIpc) is 2.92. The van der Waals surface area contributed by atoms with Gasteiger partial charge in [0.1, 0.15) is 0 Å². The summed E-state index contributed by atoms with van der Waals surface area (Å²) >= 11 is 5.77. The van der Waals surface area contributed by atoms with Gasteiger partial charge in [-0.2, -0.15) is 0 Å². The van der Waals surface area contributed by atoms with Gasteiger partial charge in [0.05, 0.1) is 16.4 Å². The van der Waals surface area contributed by atoms with Crippen LogP contribution < -0.4 is 5.32 Å². The van der Waals surface area contributed by atoms with Gasteiger partial charge < -0.3 is 9.84 Å². The van der Waals surface area contributed by atoms with E-state index in [1.54, 1.807) is 24.3 Å². The zero-order valence-electron chi connectivity index (χ0n) is 10.9. The van der Waals surface area contributed by atoms with E-state index in [1.807, 2.05) is 0 Å². The van der Waals surface area contributed by atoms with Crippen molar-refractivity contribution in [1.82, 2.24) is 5.16 Å². The summed E-state index contributed by atoms with van der Waals surface area (Å²) in [4.78, 5) is 22.4. The first-order valence-corrected chi connectivity index (χ1v) is 6.53. The second-order valence-electron chi connectivity index (χ2n) is 4.43. The van der Waals surface area contributed by atoms with E-state index in [9.17, 15) is 14.9 Å². The van der Waals surface area contributed by atoms with Gasteiger partial charge in [-0.3, -0.25) is 14.9 Å². The number of fused-ring (bicyclic) bond motifs is 1. The van der Waals surface area contributed by atoms with Crippen LogP contribution in [0.4, 0.5) is 11.4 Å². The molecule has 0 spiro atoms. The first-order valence-electron chi connectivity index (χ1n) is 6.15. The molecule has 0 aliphatic carbocycles. The summed E-state index contributed by atoms with van der Waals surface area (Å²) in [5.74, 6) is -0.477. The third kappa shape index (κ3) is 2.61. The molecule has 0 unspecified atom stereocenters. The van der Waals surface area contributed by atoms with E-state index in [-0.39, 0.29) is 17.0 Å². The maximum atomic E-state index is 12.2. The van der Waals surface area contributed by atoms with Gasteiger partial charge in [-0.05, 0) is 30.3 Å². The molecule has 0 fully saturated rings. The summed E-state index contributed by atoms with van der Waals surface area (Å²) in [6.07, 6.45) is 0. The molecule has 1 N–H and O–H groups in total. The van der Waals surface area contributed by atoms with E-state index in [0.29, 0.717) is 16.1 Å². The molecule has 0 atom stereocenters. The molecule has 0 saturated heterocycles. The summed E-state index contributed by atoms with van der Waals surface area (Å²) in [6, 6.07) is 10.5. The molecule has 110 valence electrons. The Morgan fingerprint density at radius 3 is 2.64 bits per heavy atom.